The molecule has 0 bridgehead atoms. The fourth-order valence-electron chi connectivity index (χ4n) is 1.20. The number of hydrogen-bond donors (Lipinski definition) is 0. The summed E-state index contributed by atoms with van der Waals surface area (Å²) in [5.74, 6) is -0.239. The van der Waals surface area contributed by atoms with Crippen molar-refractivity contribution in [3.63, 3.8) is 0 Å². The van der Waals surface area contributed by atoms with Crippen LogP contribution in [0.1, 0.15) is 5.89 Å². The predicted octanol–water partition coefficient (Wildman–Crippen LogP) is 2.40. The SMILES string of the molecule is Cc1nc2c(Br)cc(F)cc2c(=O)o1. The van der Waals surface area contributed by atoms with E-state index in [-0.39, 0.29) is 11.3 Å². The van der Waals surface area contributed by atoms with Gasteiger partial charge in [-0.1, -0.05) is 0 Å². The van der Waals surface area contributed by atoms with Gasteiger partial charge in [-0.05, 0) is 28.1 Å². The highest BCUT2D eigenvalue weighted by Crippen LogP contribution is 2.21. The maximum absolute atomic E-state index is 12.9. The second-order valence-corrected chi connectivity index (χ2v) is 3.66. The zero-order valence-electron chi connectivity index (χ0n) is 7.17. The Balaban J connectivity index is 3.02. The van der Waals surface area contributed by atoms with Crippen molar-refractivity contribution in [2.75, 3.05) is 0 Å². The molecule has 0 radical (unpaired) electrons. The van der Waals surface area contributed by atoms with Crippen molar-refractivity contribution in [1.82, 2.24) is 4.98 Å². The number of halogens is 2. The minimum absolute atomic E-state index is 0.141. The second kappa shape index (κ2) is 3.16. The van der Waals surface area contributed by atoms with Crippen LogP contribution >= 0.6 is 15.9 Å². The molecule has 3 nitrogen and oxygen atoms in total. The summed E-state index contributed by atoms with van der Waals surface area (Å²) in [5.41, 5.74) is -0.159. The molecule has 2 rings (SSSR count). The van der Waals surface area contributed by atoms with Gasteiger partial charge in [-0.3, -0.25) is 0 Å². The molecule has 0 aliphatic carbocycles. The molecule has 0 saturated carbocycles. The number of rotatable bonds is 0. The molecule has 1 aromatic carbocycles. The van der Waals surface area contributed by atoms with Crippen LogP contribution in [-0.4, -0.2) is 4.98 Å². The molecule has 0 aliphatic heterocycles. The Kier molecular flexibility index (Phi) is 2.11. The minimum Gasteiger partial charge on any atom is -0.408 e. The van der Waals surface area contributed by atoms with Crippen molar-refractivity contribution in [2.24, 2.45) is 0 Å². The molecule has 0 unspecified atom stereocenters. The Hall–Kier alpha value is -1.23. The van der Waals surface area contributed by atoms with E-state index in [1.165, 1.54) is 6.07 Å². The number of aryl methyl sites for hydroxylation is 1. The Bertz CT molecular complexity index is 564. The summed E-state index contributed by atoms with van der Waals surface area (Å²) in [7, 11) is 0. The highest BCUT2D eigenvalue weighted by molar-refractivity contribution is 9.10. The van der Waals surface area contributed by atoms with Crippen molar-refractivity contribution >= 4 is 26.8 Å². The largest absolute Gasteiger partial charge is 0.408 e. The van der Waals surface area contributed by atoms with E-state index in [1.54, 1.807) is 6.92 Å². The monoisotopic (exact) mass is 257 g/mol. The van der Waals surface area contributed by atoms with Gasteiger partial charge in [0.25, 0.3) is 0 Å². The standard InChI is InChI=1S/C9H5BrFNO2/c1-4-12-8-6(9(13)14-4)2-5(11)3-7(8)10/h2-3H,1H3. The van der Waals surface area contributed by atoms with Crippen molar-refractivity contribution in [1.29, 1.82) is 0 Å². The first-order valence-corrected chi connectivity index (χ1v) is 4.64. The topological polar surface area (TPSA) is 43.1 Å². The molecule has 72 valence electrons. The third-order valence-corrected chi connectivity index (χ3v) is 2.36. The third kappa shape index (κ3) is 1.43. The van der Waals surface area contributed by atoms with Crippen LogP contribution in [0.25, 0.3) is 10.9 Å². The lowest BCUT2D eigenvalue weighted by molar-refractivity contribution is 0.466. The highest BCUT2D eigenvalue weighted by Gasteiger charge is 2.08. The lowest BCUT2D eigenvalue weighted by Crippen LogP contribution is -2.03. The molecule has 2 aromatic rings. The fraction of sp³-hybridized carbons (Fsp3) is 0.111. The smallest absolute Gasteiger partial charge is 0.346 e. The maximum Gasteiger partial charge on any atom is 0.346 e. The van der Waals surface area contributed by atoms with Crippen molar-refractivity contribution in [3.8, 4) is 0 Å². The predicted molar refractivity (Wildman–Crippen MR) is 52.7 cm³/mol. The summed E-state index contributed by atoms with van der Waals surface area (Å²) in [4.78, 5) is 15.3. The minimum atomic E-state index is -0.576. The van der Waals surface area contributed by atoms with Crippen LogP contribution in [0, 0.1) is 12.7 Å². The Morgan fingerprint density at radius 3 is 2.93 bits per heavy atom. The lowest BCUT2D eigenvalue weighted by atomic mass is 10.2. The van der Waals surface area contributed by atoms with Crippen LogP contribution < -0.4 is 5.63 Å². The van der Waals surface area contributed by atoms with Crippen LogP contribution in [-0.2, 0) is 0 Å². The van der Waals surface area contributed by atoms with Crippen LogP contribution in [0.15, 0.2) is 25.8 Å². The van der Waals surface area contributed by atoms with Crippen LogP contribution in [0.2, 0.25) is 0 Å². The molecule has 1 heterocycles. The first-order valence-electron chi connectivity index (χ1n) is 3.84. The van der Waals surface area contributed by atoms with Crippen molar-refractivity contribution in [3.05, 3.63) is 38.7 Å². The molecule has 0 N–H and O–H groups in total. The van der Waals surface area contributed by atoms with Crippen LogP contribution in [0.3, 0.4) is 0 Å². The molecule has 5 heteroatoms. The van der Waals surface area contributed by atoms with E-state index in [4.69, 9.17) is 4.42 Å². The first kappa shape index (κ1) is 9.33. The number of hydrogen-bond acceptors (Lipinski definition) is 3. The van der Waals surface area contributed by atoms with E-state index in [2.05, 4.69) is 20.9 Å². The van der Waals surface area contributed by atoms with Crippen LogP contribution in [0.5, 0.6) is 0 Å². The second-order valence-electron chi connectivity index (χ2n) is 2.80. The molecule has 0 spiro atoms. The average Bonchev–Trinajstić information content (AvgIpc) is 2.07. The van der Waals surface area contributed by atoms with Crippen molar-refractivity contribution in [2.45, 2.75) is 6.92 Å². The third-order valence-electron chi connectivity index (χ3n) is 1.76. The van der Waals surface area contributed by atoms with E-state index in [1.807, 2.05) is 0 Å². The molecule has 0 atom stereocenters. The van der Waals surface area contributed by atoms with Gasteiger partial charge in [0.15, 0.2) is 5.89 Å². The Morgan fingerprint density at radius 1 is 1.50 bits per heavy atom. The van der Waals surface area contributed by atoms with Gasteiger partial charge >= 0.3 is 5.63 Å². The summed E-state index contributed by atoms with van der Waals surface area (Å²) in [5, 5.41) is 0.141. The summed E-state index contributed by atoms with van der Waals surface area (Å²) in [6.07, 6.45) is 0. The number of nitrogens with zero attached hydrogens (tertiary/aromatic N) is 1. The van der Waals surface area contributed by atoms with Gasteiger partial charge in [-0.15, -0.1) is 0 Å². The normalized spacial score (nSPS) is 10.8. The van der Waals surface area contributed by atoms with E-state index in [0.717, 1.165) is 6.07 Å². The van der Waals surface area contributed by atoms with Gasteiger partial charge in [0.05, 0.1) is 10.9 Å². The molecule has 0 aliphatic rings. The van der Waals surface area contributed by atoms with E-state index in [0.29, 0.717) is 9.99 Å². The summed E-state index contributed by atoms with van der Waals surface area (Å²) < 4.78 is 18.1. The van der Waals surface area contributed by atoms with E-state index in [9.17, 15) is 9.18 Å². The zero-order chi connectivity index (χ0) is 10.3. The molecule has 0 fully saturated rings. The summed E-state index contributed by atoms with van der Waals surface area (Å²) in [6, 6.07) is 2.37. The lowest BCUT2D eigenvalue weighted by Gasteiger charge is -1.99. The van der Waals surface area contributed by atoms with Gasteiger partial charge in [-0.2, -0.15) is 0 Å². The summed E-state index contributed by atoms with van der Waals surface area (Å²) >= 11 is 3.13. The highest BCUT2D eigenvalue weighted by atomic mass is 79.9. The quantitative estimate of drug-likeness (QED) is 0.728. The molecule has 14 heavy (non-hydrogen) atoms. The summed E-state index contributed by atoms with van der Waals surface area (Å²) in [6.45, 7) is 1.57. The van der Waals surface area contributed by atoms with Gasteiger partial charge in [0, 0.05) is 11.4 Å². The van der Waals surface area contributed by atoms with Gasteiger partial charge in [-0.25, -0.2) is 14.2 Å². The fourth-order valence-corrected chi connectivity index (χ4v) is 1.73. The first-order chi connectivity index (χ1) is 6.58. The zero-order valence-corrected chi connectivity index (χ0v) is 8.76. The molecular formula is C9H5BrFNO2. The van der Waals surface area contributed by atoms with Gasteiger partial charge in [0.1, 0.15) is 5.82 Å². The van der Waals surface area contributed by atoms with Gasteiger partial charge < -0.3 is 4.42 Å². The Morgan fingerprint density at radius 2 is 2.21 bits per heavy atom. The Labute approximate surface area is 86.7 Å². The molecule has 0 amide bonds. The average molecular weight is 258 g/mol. The van der Waals surface area contributed by atoms with E-state index < -0.39 is 11.4 Å². The van der Waals surface area contributed by atoms with E-state index >= 15 is 0 Å². The number of fused-ring (bicyclic) bond motifs is 1. The molecular weight excluding hydrogens is 253 g/mol. The number of aromatic nitrogens is 1. The maximum atomic E-state index is 12.9. The van der Waals surface area contributed by atoms with Gasteiger partial charge in [0.2, 0.25) is 0 Å². The van der Waals surface area contributed by atoms with Crippen molar-refractivity contribution < 1.29 is 8.81 Å². The number of benzene rings is 1. The molecule has 0 saturated heterocycles. The molecule has 1 aromatic heterocycles. The van der Waals surface area contributed by atoms with Crippen LogP contribution in [0.4, 0.5) is 4.39 Å².